The number of hydrogen-bond acceptors (Lipinski definition) is 3. The number of aromatic nitrogens is 1. The van der Waals surface area contributed by atoms with E-state index in [1.807, 2.05) is 0 Å². The number of nitrogens with zero attached hydrogens (tertiary/aromatic N) is 1. The zero-order valence-corrected chi connectivity index (χ0v) is 12.2. The van der Waals surface area contributed by atoms with Crippen LogP contribution in [0.4, 0.5) is 0 Å². The van der Waals surface area contributed by atoms with E-state index in [2.05, 4.69) is 10.3 Å². The molecule has 7 heteroatoms. The Morgan fingerprint density at radius 2 is 2.00 bits per heavy atom. The number of hydrogen-bond donors (Lipinski definition) is 2. The Morgan fingerprint density at radius 1 is 1.35 bits per heavy atom. The topological polar surface area (TPSA) is 79.3 Å². The lowest BCUT2D eigenvalue weighted by atomic mass is 9.92. The average Bonchev–Trinajstić information content (AvgIpc) is 2.79. The molecular weight excluding hydrogens is 303 g/mol. The van der Waals surface area contributed by atoms with Gasteiger partial charge in [-0.05, 0) is 18.9 Å². The summed E-state index contributed by atoms with van der Waals surface area (Å²) in [6.07, 6.45) is 4.33. The number of carboxylic acid groups (broad SMARTS) is 1. The Kier molecular flexibility index (Phi) is 4.50. The van der Waals surface area contributed by atoms with E-state index < -0.39 is 17.4 Å². The molecule has 1 aliphatic carbocycles. The van der Waals surface area contributed by atoms with Gasteiger partial charge in [-0.1, -0.05) is 36.0 Å². The molecule has 0 aliphatic heterocycles. The van der Waals surface area contributed by atoms with Crippen LogP contribution < -0.4 is 5.32 Å². The van der Waals surface area contributed by atoms with Crippen LogP contribution in [-0.4, -0.2) is 27.5 Å². The van der Waals surface area contributed by atoms with E-state index in [-0.39, 0.29) is 22.2 Å². The van der Waals surface area contributed by atoms with Gasteiger partial charge in [-0.3, -0.25) is 9.59 Å². The van der Waals surface area contributed by atoms with Crippen molar-refractivity contribution in [2.45, 2.75) is 37.6 Å². The van der Waals surface area contributed by atoms with Gasteiger partial charge in [0, 0.05) is 6.20 Å². The second-order valence-electron chi connectivity index (χ2n) is 5.00. The third-order valence-electron chi connectivity index (χ3n) is 3.50. The second-order valence-corrected chi connectivity index (χ2v) is 5.79. The van der Waals surface area contributed by atoms with Crippen LogP contribution in [0.15, 0.2) is 12.3 Å². The van der Waals surface area contributed by atoms with Gasteiger partial charge in [0.25, 0.3) is 5.91 Å². The van der Waals surface area contributed by atoms with Crippen LogP contribution in [0.3, 0.4) is 0 Å². The van der Waals surface area contributed by atoms with Crippen LogP contribution in [0.1, 0.15) is 42.5 Å². The van der Waals surface area contributed by atoms with Crippen molar-refractivity contribution >= 4 is 35.1 Å². The number of nitrogens with one attached hydrogen (secondary N) is 1. The van der Waals surface area contributed by atoms with E-state index in [4.69, 9.17) is 28.3 Å². The molecule has 1 aromatic rings. The minimum absolute atomic E-state index is 0.0881. The Balaban J connectivity index is 2.20. The first-order chi connectivity index (χ1) is 9.42. The Labute approximate surface area is 126 Å². The van der Waals surface area contributed by atoms with Crippen LogP contribution in [0.5, 0.6) is 0 Å². The summed E-state index contributed by atoms with van der Waals surface area (Å²) >= 11 is 11.7. The SMILES string of the molecule is O=C(O)CC1(NC(=O)c2cc(Cl)ncc2Cl)CCCC1. The van der Waals surface area contributed by atoms with Gasteiger partial charge >= 0.3 is 5.97 Å². The molecule has 108 valence electrons. The van der Waals surface area contributed by atoms with Crippen molar-refractivity contribution in [2.24, 2.45) is 0 Å². The highest BCUT2D eigenvalue weighted by Gasteiger charge is 2.37. The van der Waals surface area contributed by atoms with Gasteiger partial charge in [-0.25, -0.2) is 4.98 Å². The van der Waals surface area contributed by atoms with E-state index in [0.717, 1.165) is 12.8 Å². The molecule has 1 fully saturated rings. The molecule has 0 radical (unpaired) electrons. The summed E-state index contributed by atoms with van der Waals surface area (Å²) in [5.41, 5.74) is -0.481. The van der Waals surface area contributed by atoms with Crippen LogP contribution in [0.2, 0.25) is 10.2 Å². The summed E-state index contributed by atoms with van der Waals surface area (Å²) in [5.74, 6) is -1.34. The zero-order valence-electron chi connectivity index (χ0n) is 10.7. The smallest absolute Gasteiger partial charge is 0.305 e. The Morgan fingerprint density at radius 3 is 2.60 bits per heavy atom. The van der Waals surface area contributed by atoms with Crippen molar-refractivity contribution < 1.29 is 14.7 Å². The standard InChI is InChI=1S/C13H14Cl2N2O3/c14-9-7-16-10(15)5-8(9)12(20)17-13(6-11(18)19)3-1-2-4-13/h5,7H,1-4,6H2,(H,17,20)(H,18,19). The first-order valence-corrected chi connectivity index (χ1v) is 7.03. The molecule has 0 aromatic carbocycles. The number of aliphatic carboxylic acids is 1. The van der Waals surface area contributed by atoms with Gasteiger partial charge in [0.05, 0.1) is 22.5 Å². The van der Waals surface area contributed by atoms with E-state index in [9.17, 15) is 9.59 Å². The maximum Gasteiger partial charge on any atom is 0.305 e. The van der Waals surface area contributed by atoms with Gasteiger partial charge in [-0.15, -0.1) is 0 Å². The Hall–Kier alpha value is -1.33. The first-order valence-electron chi connectivity index (χ1n) is 6.27. The molecule has 20 heavy (non-hydrogen) atoms. The summed E-state index contributed by atoms with van der Waals surface area (Å²) in [4.78, 5) is 27.1. The zero-order chi connectivity index (χ0) is 14.8. The maximum atomic E-state index is 12.3. The highest BCUT2D eigenvalue weighted by atomic mass is 35.5. The van der Waals surface area contributed by atoms with Crippen molar-refractivity contribution in [1.82, 2.24) is 10.3 Å². The molecule has 2 rings (SSSR count). The lowest BCUT2D eigenvalue weighted by Crippen LogP contribution is -2.47. The number of amides is 1. The molecule has 2 N–H and O–H groups in total. The summed E-state index contributed by atoms with van der Waals surface area (Å²) in [7, 11) is 0. The van der Waals surface area contributed by atoms with E-state index in [1.54, 1.807) is 0 Å². The highest BCUT2D eigenvalue weighted by Crippen LogP contribution is 2.33. The lowest BCUT2D eigenvalue weighted by Gasteiger charge is -2.28. The van der Waals surface area contributed by atoms with E-state index >= 15 is 0 Å². The van der Waals surface area contributed by atoms with Crippen LogP contribution in [-0.2, 0) is 4.79 Å². The van der Waals surface area contributed by atoms with Crippen LogP contribution >= 0.6 is 23.2 Å². The molecule has 5 nitrogen and oxygen atoms in total. The van der Waals surface area contributed by atoms with Gasteiger partial charge in [0.2, 0.25) is 0 Å². The molecule has 1 heterocycles. The third-order valence-corrected chi connectivity index (χ3v) is 4.00. The highest BCUT2D eigenvalue weighted by molar-refractivity contribution is 6.35. The van der Waals surface area contributed by atoms with E-state index in [1.165, 1.54) is 12.3 Å². The van der Waals surface area contributed by atoms with Crippen molar-refractivity contribution in [3.63, 3.8) is 0 Å². The number of rotatable bonds is 4. The average molecular weight is 317 g/mol. The van der Waals surface area contributed by atoms with Gasteiger partial charge in [-0.2, -0.15) is 0 Å². The molecule has 0 spiro atoms. The summed E-state index contributed by atoms with van der Waals surface area (Å²) in [5, 5.41) is 12.2. The largest absolute Gasteiger partial charge is 0.481 e. The summed E-state index contributed by atoms with van der Waals surface area (Å²) in [6, 6.07) is 1.38. The number of carboxylic acids is 1. The fraction of sp³-hybridized carbons (Fsp3) is 0.462. The minimum atomic E-state index is -0.925. The summed E-state index contributed by atoms with van der Waals surface area (Å²) in [6.45, 7) is 0. The van der Waals surface area contributed by atoms with Crippen LogP contribution in [0, 0.1) is 0 Å². The second kappa shape index (κ2) is 5.97. The number of pyridine rings is 1. The quantitative estimate of drug-likeness (QED) is 0.837. The van der Waals surface area contributed by atoms with Crippen molar-refractivity contribution in [2.75, 3.05) is 0 Å². The van der Waals surface area contributed by atoms with Crippen molar-refractivity contribution in [3.05, 3.63) is 28.0 Å². The molecule has 1 amide bonds. The van der Waals surface area contributed by atoms with Gasteiger partial charge < -0.3 is 10.4 Å². The van der Waals surface area contributed by atoms with Crippen LogP contribution in [0.25, 0.3) is 0 Å². The summed E-state index contributed by atoms with van der Waals surface area (Å²) < 4.78 is 0. The fourth-order valence-electron chi connectivity index (χ4n) is 2.58. The van der Waals surface area contributed by atoms with Crippen molar-refractivity contribution in [3.8, 4) is 0 Å². The normalized spacial score (nSPS) is 16.9. The van der Waals surface area contributed by atoms with E-state index in [0.29, 0.717) is 12.8 Å². The van der Waals surface area contributed by atoms with Gasteiger partial charge in [0.1, 0.15) is 5.15 Å². The number of carbonyl (C=O) groups excluding carboxylic acids is 1. The molecular formula is C13H14Cl2N2O3. The molecule has 0 saturated heterocycles. The lowest BCUT2D eigenvalue weighted by molar-refractivity contribution is -0.138. The number of carbonyl (C=O) groups is 2. The molecule has 1 aliphatic rings. The Bertz CT molecular complexity index is 542. The fourth-order valence-corrected chi connectivity index (χ4v) is 2.93. The number of halogens is 2. The predicted octanol–water partition coefficient (Wildman–Crippen LogP) is 2.91. The third kappa shape index (κ3) is 3.41. The predicted molar refractivity (Wildman–Crippen MR) is 75.2 cm³/mol. The van der Waals surface area contributed by atoms with Gasteiger partial charge in [0.15, 0.2) is 0 Å². The monoisotopic (exact) mass is 316 g/mol. The minimum Gasteiger partial charge on any atom is -0.481 e. The molecule has 1 saturated carbocycles. The molecule has 1 aromatic heterocycles. The molecule has 0 unspecified atom stereocenters. The van der Waals surface area contributed by atoms with Crippen molar-refractivity contribution in [1.29, 1.82) is 0 Å². The molecule has 0 atom stereocenters. The first kappa shape index (κ1) is 15.1. The maximum absolute atomic E-state index is 12.3. The molecule has 0 bridgehead atoms.